The largest absolute Gasteiger partial charge is 0.322 e. The number of fused-ring (bicyclic) bond motifs is 1. The van der Waals surface area contributed by atoms with Crippen LogP contribution in [0.1, 0.15) is 21.5 Å². The van der Waals surface area contributed by atoms with E-state index in [0.29, 0.717) is 5.56 Å². The van der Waals surface area contributed by atoms with Crippen molar-refractivity contribution in [2.24, 2.45) is 0 Å². The highest BCUT2D eigenvalue weighted by atomic mass is 79.9. The van der Waals surface area contributed by atoms with Crippen molar-refractivity contribution >= 4 is 27.5 Å². The summed E-state index contributed by atoms with van der Waals surface area (Å²) in [4.78, 5) is 12.3. The average molecular weight is 331 g/mol. The SMILES string of the molecule is O=C(Nc1cccc2c1CCNC2)c1ccc(Br)cc1. The molecule has 20 heavy (non-hydrogen) atoms. The molecule has 2 N–H and O–H groups in total. The number of rotatable bonds is 2. The molecule has 0 fully saturated rings. The van der Waals surface area contributed by atoms with E-state index in [0.717, 1.165) is 29.7 Å². The fourth-order valence-corrected chi connectivity index (χ4v) is 2.71. The fraction of sp³-hybridized carbons (Fsp3) is 0.188. The van der Waals surface area contributed by atoms with Crippen molar-refractivity contribution in [3.8, 4) is 0 Å². The van der Waals surface area contributed by atoms with Crippen molar-refractivity contribution in [1.29, 1.82) is 0 Å². The Morgan fingerprint density at radius 3 is 2.75 bits per heavy atom. The van der Waals surface area contributed by atoms with Crippen molar-refractivity contribution in [1.82, 2.24) is 5.32 Å². The maximum absolute atomic E-state index is 12.3. The van der Waals surface area contributed by atoms with Crippen LogP contribution in [0.3, 0.4) is 0 Å². The van der Waals surface area contributed by atoms with Gasteiger partial charge in [-0.1, -0.05) is 28.1 Å². The molecule has 0 spiro atoms. The highest BCUT2D eigenvalue weighted by Crippen LogP contribution is 2.23. The zero-order chi connectivity index (χ0) is 13.9. The van der Waals surface area contributed by atoms with E-state index in [4.69, 9.17) is 0 Å². The summed E-state index contributed by atoms with van der Waals surface area (Å²) in [5.74, 6) is -0.0653. The Kier molecular flexibility index (Phi) is 3.85. The van der Waals surface area contributed by atoms with E-state index in [2.05, 4.69) is 32.6 Å². The van der Waals surface area contributed by atoms with Crippen LogP contribution >= 0.6 is 15.9 Å². The Morgan fingerprint density at radius 2 is 1.95 bits per heavy atom. The highest BCUT2D eigenvalue weighted by Gasteiger charge is 2.14. The van der Waals surface area contributed by atoms with Gasteiger partial charge in [0.1, 0.15) is 0 Å². The van der Waals surface area contributed by atoms with E-state index in [1.165, 1.54) is 11.1 Å². The number of carbonyl (C=O) groups is 1. The smallest absolute Gasteiger partial charge is 0.255 e. The van der Waals surface area contributed by atoms with Gasteiger partial charge in [0.2, 0.25) is 0 Å². The first-order valence-electron chi connectivity index (χ1n) is 6.62. The first kappa shape index (κ1) is 13.3. The fourth-order valence-electron chi connectivity index (χ4n) is 2.44. The number of carbonyl (C=O) groups excluding carboxylic acids is 1. The van der Waals surface area contributed by atoms with E-state index in [9.17, 15) is 4.79 Å². The predicted molar refractivity (Wildman–Crippen MR) is 83.9 cm³/mol. The van der Waals surface area contributed by atoms with Gasteiger partial charge in [-0.05, 0) is 54.4 Å². The first-order chi connectivity index (χ1) is 9.74. The molecule has 1 amide bonds. The Labute approximate surface area is 126 Å². The van der Waals surface area contributed by atoms with Gasteiger partial charge in [0, 0.05) is 22.3 Å². The molecule has 0 atom stereocenters. The Balaban J connectivity index is 1.84. The summed E-state index contributed by atoms with van der Waals surface area (Å²) in [6.45, 7) is 1.83. The Bertz CT molecular complexity index is 637. The van der Waals surface area contributed by atoms with Crippen LogP contribution in [0.2, 0.25) is 0 Å². The highest BCUT2D eigenvalue weighted by molar-refractivity contribution is 9.10. The minimum absolute atomic E-state index is 0.0653. The lowest BCUT2D eigenvalue weighted by Crippen LogP contribution is -2.25. The normalized spacial score (nSPS) is 13.7. The van der Waals surface area contributed by atoms with E-state index in [1.54, 1.807) is 0 Å². The second-order valence-corrected chi connectivity index (χ2v) is 5.75. The molecular weight excluding hydrogens is 316 g/mol. The summed E-state index contributed by atoms with van der Waals surface area (Å²) in [5, 5.41) is 6.37. The summed E-state index contributed by atoms with van der Waals surface area (Å²) in [5.41, 5.74) is 4.11. The van der Waals surface area contributed by atoms with E-state index >= 15 is 0 Å². The molecule has 2 aromatic rings. The summed E-state index contributed by atoms with van der Waals surface area (Å²) in [6, 6.07) is 13.5. The molecule has 0 aromatic heterocycles. The molecule has 0 radical (unpaired) electrons. The maximum Gasteiger partial charge on any atom is 0.255 e. The molecule has 3 rings (SSSR count). The number of anilines is 1. The number of benzene rings is 2. The van der Waals surface area contributed by atoms with Gasteiger partial charge in [0.15, 0.2) is 0 Å². The molecule has 2 aromatic carbocycles. The molecule has 4 heteroatoms. The van der Waals surface area contributed by atoms with Crippen LogP contribution < -0.4 is 10.6 Å². The van der Waals surface area contributed by atoms with Gasteiger partial charge in [-0.25, -0.2) is 0 Å². The van der Waals surface area contributed by atoms with Gasteiger partial charge in [-0.15, -0.1) is 0 Å². The molecule has 102 valence electrons. The maximum atomic E-state index is 12.3. The van der Waals surface area contributed by atoms with E-state index in [1.807, 2.05) is 36.4 Å². The molecule has 1 heterocycles. The third-order valence-corrected chi connectivity index (χ3v) is 4.02. The number of amides is 1. The summed E-state index contributed by atoms with van der Waals surface area (Å²) in [7, 11) is 0. The van der Waals surface area contributed by atoms with Gasteiger partial charge >= 0.3 is 0 Å². The average Bonchev–Trinajstić information content (AvgIpc) is 2.48. The molecule has 0 saturated carbocycles. The Morgan fingerprint density at radius 1 is 1.15 bits per heavy atom. The van der Waals surface area contributed by atoms with Gasteiger partial charge in [-0.3, -0.25) is 4.79 Å². The molecule has 3 nitrogen and oxygen atoms in total. The van der Waals surface area contributed by atoms with Crippen molar-refractivity contribution in [2.75, 3.05) is 11.9 Å². The second kappa shape index (κ2) is 5.77. The molecule has 1 aliphatic heterocycles. The summed E-state index contributed by atoms with van der Waals surface area (Å²) in [6.07, 6.45) is 0.951. The van der Waals surface area contributed by atoms with E-state index in [-0.39, 0.29) is 5.91 Å². The first-order valence-corrected chi connectivity index (χ1v) is 7.42. The van der Waals surface area contributed by atoms with E-state index < -0.39 is 0 Å². The molecule has 1 aliphatic rings. The van der Waals surface area contributed by atoms with Crippen molar-refractivity contribution in [2.45, 2.75) is 13.0 Å². The summed E-state index contributed by atoms with van der Waals surface area (Å²) >= 11 is 3.37. The third kappa shape index (κ3) is 2.76. The van der Waals surface area contributed by atoms with Crippen LogP contribution in [0, 0.1) is 0 Å². The molecule has 0 unspecified atom stereocenters. The lowest BCUT2D eigenvalue weighted by Gasteiger charge is -2.20. The number of halogens is 1. The quantitative estimate of drug-likeness (QED) is 0.886. The van der Waals surface area contributed by atoms with Crippen LogP contribution in [0.25, 0.3) is 0 Å². The van der Waals surface area contributed by atoms with Crippen molar-refractivity contribution in [3.63, 3.8) is 0 Å². The zero-order valence-corrected chi connectivity index (χ0v) is 12.5. The number of nitrogens with one attached hydrogen (secondary N) is 2. The van der Waals surface area contributed by atoms with Crippen molar-refractivity contribution in [3.05, 3.63) is 63.6 Å². The van der Waals surface area contributed by atoms with Gasteiger partial charge < -0.3 is 10.6 Å². The minimum Gasteiger partial charge on any atom is -0.322 e. The van der Waals surface area contributed by atoms with Crippen molar-refractivity contribution < 1.29 is 4.79 Å². The third-order valence-electron chi connectivity index (χ3n) is 3.49. The van der Waals surface area contributed by atoms with Crippen LogP contribution in [0.5, 0.6) is 0 Å². The van der Waals surface area contributed by atoms with Gasteiger partial charge in [0.25, 0.3) is 5.91 Å². The van der Waals surface area contributed by atoms with Gasteiger partial charge in [0.05, 0.1) is 0 Å². The van der Waals surface area contributed by atoms with Crippen LogP contribution in [-0.2, 0) is 13.0 Å². The van der Waals surface area contributed by atoms with Crippen LogP contribution in [0.15, 0.2) is 46.9 Å². The lowest BCUT2D eigenvalue weighted by atomic mass is 9.99. The zero-order valence-electron chi connectivity index (χ0n) is 10.9. The summed E-state index contributed by atoms with van der Waals surface area (Å²) < 4.78 is 0.970. The number of hydrogen-bond donors (Lipinski definition) is 2. The predicted octanol–water partition coefficient (Wildman–Crippen LogP) is 3.35. The topological polar surface area (TPSA) is 41.1 Å². The number of hydrogen-bond acceptors (Lipinski definition) is 2. The van der Waals surface area contributed by atoms with Crippen LogP contribution in [0.4, 0.5) is 5.69 Å². The van der Waals surface area contributed by atoms with Crippen LogP contribution in [-0.4, -0.2) is 12.5 Å². The lowest BCUT2D eigenvalue weighted by molar-refractivity contribution is 0.102. The minimum atomic E-state index is -0.0653. The second-order valence-electron chi connectivity index (χ2n) is 4.83. The molecule has 0 saturated heterocycles. The molecular formula is C16H15BrN2O. The Hall–Kier alpha value is -1.65. The molecule has 0 aliphatic carbocycles. The monoisotopic (exact) mass is 330 g/mol. The molecule has 0 bridgehead atoms. The van der Waals surface area contributed by atoms with Gasteiger partial charge in [-0.2, -0.15) is 0 Å². The standard InChI is InChI=1S/C16H15BrN2O/c17-13-6-4-11(5-7-13)16(20)19-15-3-1-2-12-10-18-9-8-14(12)15/h1-7,18H,8-10H2,(H,19,20).